The number of hydrogen-bond acceptors (Lipinski definition) is 4. The SMILES string of the molecule is COc1cccc(-c2cnc3n2C[C@]2(CCN(C(=O)C4CC4)C2)OC3)c1. The van der Waals surface area contributed by atoms with Crippen LogP contribution in [0, 0.1) is 5.92 Å². The Bertz CT molecular complexity index is 858. The average molecular weight is 353 g/mol. The summed E-state index contributed by atoms with van der Waals surface area (Å²) < 4.78 is 13.8. The molecule has 2 aliphatic heterocycles. The fourth-order valence-corrected chi connectivity index (χ4v) is 4.14. The molecule has 6 nitrogen and oxygen atoms in total. The molecule has 136 valence electrons. The van der Waals surface area contributed by atoms with Crippen LogP contribution in [0.3, 0.4) is 0 Å². The van der Waals surface area contributed by atoms with Gasteiger partial charge in [0.15, 0.2) is 0 Å². The quantitative estimate of drug-likeness (QED) is 0.851. The van der Waals surface area contributed by atoms with Crippen molar-refractivity contribution in [3.63, 3.8) is 0 Å². The number of rotatable bonds is 3. The Balaban J connectivity index is 1.42. The Morgan fingerprint density at radius 3 is 3.04 bits per heavy atom. The van der Waals surface area contributed by atoms with Crippen molar-refractivity contribution in [2.24, 2.45) is 5.92 Å². The van der Waals surface area contributed by atoms with Gasteiger partial charge in [-0.2, -0.15) is 0 Å². The molecule has 6 heteroatoms. The zero-order valence-corrected chi connectivity index (χ0v) is 15.0. The minimum Gasteiger partial charge on any atom is -0.497 e. The predicted octanol–water partition coefficient (Wildman–Crippen LogP) is 2.47. The van der Waals surface area contributed by atoms with Crippen LogP contribution in [-0.4, -0.2) is 46.2 Å². The maximum atomic E-state index is 12.4. The number of imidazole rings is 1. The molecule has 0 N–H and O–H groups in total. The van der Waals surface area contributed by atoms with Crippen molar-refractivity contribution >= 4 is 5.91 Å². The third kappa shape index (κ3) is 2.60. The molecule has 3 aliphatic rings. The summed E-state index contributed by atoms with van der Waals surface area (Å²) in [5, 5.41) is 0. The molecule has 1 aromatic carbocycles. The summed E-state index contributed by atoms with van der Waals surface area (Å²) in [6.07, 6.45) is 4.90. The molecule has 5 rings (SSSR count). The Morgan fingerprint density at radius 2 is 2.23 bits per heavy atom. The predicted molar refractivity (Wildman–Crippen MR) is 95.7 cm³/mol. The van der Waals surface area contributed by atoms with Gasteiger partial charge in [-0.15, -0.1) is 0 Å². The van der Waals surface area contributed by atoms with Gasteiger partial charge in [0, 0.05) is 18.0 Å². The van der Waals surface area contributed by atoms with Gasteiger partial charge in [0.1, 0.15) is 23.8 Å². The molecule has 1 aromatic heterocycles. The van der Waals surface area contributed by atoms with Crippen LogP contribution in [0.1, 0.15) is 25.1 Å². The number of likely N-dealkylation sites (tertiary alicyclic amines) is 1. The second-order valence-corrected chi connectivity index (χ2v) is 7.63. The van der Waals surface area contributed by atoms with E-state index in [0.717, 1.165) is 55.2 Å². The van der Waals surface area contributed by atoms with Crippen molar-refractivity contribution in [1.29, 1.82) is 0 Å². The van der Waals surface area contributed by atoms with Gasteiger partial charge in [0.25, 0.3) is 0 Å². The van der Waals surface area contributed by atoms with Crippen molar-refractivity contribution in [3.05, 3.63) is 36.3 Å². The minimum atomic E-state index is -0.286. The summed E-state index contributed by atoms with van der Waals surface area (Å²) in [5.74, 6) is 2.36. The maximum absolute atomic E-state index is 12.4. The monoisotopic (exact) mass is 353 g/mol. The van der Waals surface area contributed by atoms with E-state index in [1.807, 2.05) is 29.3 Å². The first-order valence-corrected chi connectivity index (χ1v) is 9.29. The van der Waals surface area contributed by atoms with Crippen molar-refractivity contribution in [2.75, 3.05) is 20.2 Å². The van der Waals surface area contributed by atoms with Gasteiger partial charge in [-0.05, 0) is 31.4 Å². The largest absolute Gasteiger partial charge is 0.497 e. The summed E-state index contributed by atoms with van der Waals surface area (Å²) in [6, 6.07) is 8.05. The molecule has 2 fully saturated rings. The highest BCUT2D eigenvalue weighted by molar-refractivity contribution is 5.81. The summed E-state index contributed by atoms with van der Waals surface area (Å²) in [5.41, 5.74) is 1.88. The molecule has 3 heterocycles. The van der Waals surface area contributed by atoms with Crippen LogP contribution in [-0.2, 0) is 22.7 Å². The van der Waals surface area contributed by atoms with Gasteiger partial charge in [-0.3, -0.25) is 4.79 Å². The maximum Gasteiger partial charge on any atom is 0.225 e. The molecule has 1 spiro atoms. The van der Waals surface area contributed by atoms with Crippen LogP contribution < -0.4 is 4.74 Å². The Labute approximate surface area is 152 Å². The van der Waals surface area contributed by atoms with E-state index in [2.05, 4.69) is 15.6 Å². The van der Waals surface area contributed by atoms with E-state index >= 15 is 0 Å². The number of carbonyl (C=O) groups excluding carboxylic acids is 1. The van der Waals surface area contributed by atoms with E-state index in [0.29, 0.717) is 19.1 Å². The summed E-state index contributed by atoms with van der Waals surface area (Å²) in [6.45, 7) is 2.73. The van der Waals surface area contributed by atoms with E-state index in [1.54, 1.807) is 7.11 Å². The highest BCUT2D eigenvalue weighted by Crippen LogP contribution is 2.38. The van der Waals surface area contributed by atoms with Crippen LogP contribution in [0.2, 0.25) is 0 Å². The minimum absolute atomic E-state index is 0.268. The first-order valence-electron chi connectivity index (χ1n) is 9.29. The number of nitrogens with zero attached hydrogens (tertiary/aromatic N) is 3. The number of benzene rings is 1. The highest BCUT2D eigenvalue weighted by atomic mass is 16.5. The molecule has 0 radical (unpaired) electrons. The van der Waals surface area contributed by atoms with Crippen LogP contribution in [0.15, 0.2) is 30.5 Å². The molecule has 1 saturated heterocycles. The number of aromatic nitrogens is 2. The average Bonchev–Trinajstić information content (AvgIpc) is 3.33. The lowest BCUT2D eigenvalue weighted by Crippen LogP contribution is -2.45. The highest BCUT2D eigenvalue weighted by Gasteiger charge is 2.46. The normalized spacial score (nSPS) is 24.7. The third-order valence-corrected chi connectivity index (χ3v) is 5.81. The van der Waals surface area contributed by atoms with Gasteiger partial charge in [0.05, 0.1) is 32.1 Å². The van der Waals surface area contributed by atoms with Crippen molar-refractivity contribution in [1.82, 2.24) is 14.5 Å². The summed E-state index contributed by atoms with van der Waals surface area (Å²) in [7, 11) is 1.68. The lowest BCUT2D eigenvalue weighted by Gasteiger charge is -2.35. The fourth-order valence-electron chi connectivity index (χ4n) is 4.14. The van der Waals surface area contributed by atoms with Crippen LogP contribution in [0.4, 0.5) is 0 Å². The fraction of sp³-hybridized carbons (Fsp3) is 0.500. The molecule has 1 saturated carbocycles. The van der Waals surface area contributed by atoms with Gasteiger partial charge in [0.2, 0.25) is 5.91 Å². The van der Waals surface area contributed by atoms with E-state index < -0.39 is 0 Å². The molecular weight excluding hydrogens is 330 g/mol. The van der Waals surface area contributed by atoms with Crippen molar-refractivity contribution in [3.8, 4) is 17.0 Å². The van der Waals surface area contributed by atoms with Gasteiger partial charge < -0.3 is 18.9 Å². The Morgan fingerprint density at radius 1 is 1.35 bits per heavy atom. The molecule has 1 aliphatic carbocycles. The zero-order valence-electron chi connectivity index (χ0n) is 15.0. The summed E-state index contributed by atoms with van der Waals surface area (Å²) >= 11 is 0. The second kappa shape index (κ2) is 5.84. The lowest BCUT2D eigenvalue weighted by molar-refractivity contribution is -0.134. The van der Waals surface area contributed by atoms with Crippen LogP contribution in [0.25, 0.3) is 11.3 Å². The van der Waals surface area contributed by atoms with Crippen molar-refractivity contribution in [2.45, 2.75) is 38.0 Å². The topological polar surface area (TPSA) is 56.6 Å². The lowest BCUT2D eigenvalue weighted by atomic mass is 10.0. The van der Waals surface area contributed by atoms with Gasteiger partial charge in [-0.1, -0.05) is 12.1 Å². The standard InChI is InChI=1S/C20H23N3O3/c1-25-16-4-2-3-15(9-16)17-10-21-18-11-26-20(13-23(17)18)7-8-22(12-20)19(24)14-5-6-14/h2-4,9-10,14H,5-8,11-13H2,1H3/t20-/m1/s1. The number of ether oxygens (including phenoxy) is 2. The summed E-state index contributed by atoms with van der Waals surface area (Å²) in [4.78, 5) is 19.0. The first-order chi connectivity index (χ1) is 12.7. The van der Waals surface area contributed by atoms with Crippen molar-refractivity contribution < 1.29 is 14.3 Å². The molecule has 0 bridgehead atoms. The van der Waals surface area contributed by atoms with E-state index in [-0.39, 0.29) is 11.5 Å². The number of amides is 1. The van der Waals surface area contributed by atoms with Gasteiger partial charge >= 0.3 is 0 Å². The van der Waals surface area contributed by atoms with E-state index in [4.69, 9.17) is 9.47 Å². The number of carbonyl (C=O) groups is 1. The molecule has 1 atom stereocenters. The zero-order chi connectivity index (χ0) is 17.7. The van der Waals surface area contributed by atoms with E-state index in [9.17, 15) is 4.79 Å². The van der Waals surface area contributed by atoms with E-state index in [1.165, 1.54) is 0 Å². The molecular formula is C20H23N3O3. The smallest absolute Gasteiger partial charge is 0.225 e. The second-order valence-electron chi connectivity index (χ2n) is 7.63. The Hall–Kier alpha value is -2.34. The molecule has 1 amide bonds. The Kier molecular flexibility index (Phi) is 3.57. The number of methoxy groups -OCH3 is 1. The molecule has 0 unspecified atom stereocenters. The van der Waals surface area contributed by atoms with Gasteiger partial charge in [-0.25, -0.2) is 4.98 Å². The number of hydrogen-bond donors (Lipinski definition) is 0. The first kappa shape index (κ1) is 15.9. The van der Waals surface area contributed by atoms with Crippen LogP contribution in [0.5, 0.6) is 5.75 Å². The molecule has 2 aromatic rings. The third-order valence-electron chi connectivity index (χ3n) is 5.81. The van der Waals surface area contributed by atoms with Crippen LogP contribution >= 0.6 is 0 Å². The number of fused-ring (bicyclic) bond motifs is 1. The molecule has 26 heavy (non-hydrogen) atoms.